The average molecular weight is 362 g/mol. The summed E-state index contributed by atoms with van der Waals surface area (Å²) in [6.45, 7) is 8.57. The Kier molecular flexibility index (Phi) is 5.24. The van der Waals surface area contributed by atoms with Gasteiger partial charge in [0.2, 0.25) is 0 Å². The molecule has 0 aliphatic carbocycles. The molecular formula is C18H20BrNO2. The first-order chi connectivity index (χ1) is 10.4. The van der Waals surface area contributed by atoms with E-state index in [1.165, 1.54) is 5.56 Å². The van der Waals surface area contributed by atoms with Crippen molar-refractivity contribution in [3.05, 3.63) is 57.1 Å². The van der Waals surface area contributed by atoms with Gasteiger partial charge in [-0.15, -0.1) is 0 Å². The molecule has 116 valence electrons. The topological polar surface area (TPSA) is 38.3 Å². The van der Waals surface area contributed by atoms with E-state index in [9.17, 15) is 4.79 Å². The highest BCUT2D eigenvalue weighted by Crippen LogP contribution is 2.27. The molecule has 1 N–H and O–H groups in total. The minimum absolute atomic E-state index is 0.126. The molecule has 2 aromatic carbocycles. The number of rotatable bonds is 4. The molecule has 0 saturated heterocycles. The number of halogens is 1. The smallest absolute Gasteiger partial charge is 0.255 e. The van der Waals surface area contributed by atoms with Crippen LogP contribution in [0.2, 0.25) is 0 Å². The molecule has 3 nitrogen and oxygen atoms in total. The van der Waals surface area contributed by atoms with Crippen molar-refractivity contribution in [1.82, 2.24) is 0 Å². The van der Waals surface area contributed by atoms with Gasteiger partial charge >= 0.3 is 0 Å². The molecular weight excluding hydrogens is 342 g/mol. The molecule has 0 saturated carbocycles. The minimum atomic E-state index is -0.126. The Hall–Kier alpha value is -1.81. The zero-order chi connectivity index (χ0) is 16.3. The molecule has 2 rings (SSSR count). The lowest BCUT2D eigenvalue weighted by Crippen LogP contribution is -2.14. The van der Waals surface area contributed by atoms with E-state index in [2.05, 4.69) is 40.3 Å². The van der Waals surface area contributed by atoms with Crippen molar-refractivity contribution in [2.75, 3.05) is 11.9 Å². The second kappa shape index (κ2) is 6.97. The molecule has 0 fully saturated rings. The zero-order valence-corrected chi connectivity index (χ0v) is 14.9. The Labute approximate surface area is 139 Å². The fraction of sp³-hybridized carbons (Fsp3) is 0.278. The molecule has 4 heteroatoms. The fourth-order valence-corrected chi connectivity index (χ4v) is 2.97. The van der Waals surface area contributed by atoms with Crippen LogP contribution in [0.15, 0.2) is 34.8 Å². The quantitative estimate of drug-likeness (QED) is 0.829. The van der Waals surface area contributed by atoms with Crippen LogP contribution >= 0.6 is 15.9 Å². The molecule has 0 radical (unpaired) electrons. The van der Waals surface area contributed by atoms with E-state index in [0.717, 1.165) is 27.0 Å². The number of hydrogen-bond donors (Lipinski definition) is 1. The van der Waals surface area contributed by atoms with Gasteiger partial charge in [-0.1, -0.05) is 17.7 Å². The van der Waals surface area contributed by atoms with Gasteiger partial charge in [-0.05, 0) is 73.0 Å². The number of carbonyl (C=O) groups is 1. The SMILES string of the molecule is CCOc1ccc(C(=O)Nc2c(C)cc(C)cc2C)cc1Br. The number of aryl methyl sites for hydroxylation is 3. The molecule has 0 atom stereocenters. The summed E-state index contributed by atoms with van der Waals surface area (Å²) in [5.74, 6) is 0.612. The van der Waals surface area contributed by atoms with Crippen LogP contribution in [-0.4, -0.2) is 12.5 Å². The third-order valence-electron chi connectivity index (χ3n) is 3.41. The summed E-state index contributed by atoms with van der Waals surface area (Å²) in [5.41, 5.74) is 4.79. The van der Waals surface area contributed by atoms with Crippen LogP contribution in [0.3, 0.4) is 0 Å². The van der Waals surface area contributed by atoms with E-state index in [1.54, 1.807) is 18.2 Å². The molecule has 0 aromatic heterocycles. The standard InChI is InChI=1S/C18H20BrNO2/c1-5-22-16-7-6-14(10-15(16)19)18(21)20-17-12(3)8-11(2)9-13(17)4/h6-10H,5H2,1-4H3,(H,20,21). The lowest BCUT2D eigenvalue weighted by molar-refractivity contribution is 0.102. The van der Waals surface area contributed by atoms with Gasteiger partial charge in [-0.25, -0.2) is 0 Å². The van der Waals surface area contributed by atoms with E-state index in [4.69, 9.17) is 4.74 Å². The number of carbonyl (C=O) groups excluding carboxylic acids is 1. The van der Waals surface area contributed by atoms with E-state index in [-0.39, 0.29) is 5.91 Å². The Bertz CT molecular complexity index is 687. The lowest BCUT2D eigenvalue weighted by atomic mass is 10.0. The maximum atomic E-state index is 12.5. The maximum Gasteiger partial charge on any atom is 0.255 e. The molecule has 0 aliphatic rings. The number of hydrogen-bond acceptors (Lipinski definition) is 2. The lowest BCUT2D eigenvalue weighted by Gasteiger charge is -2.13. The number of anilines is 1. The summed E-state index contributed by atoms with van der Waals surface area (Å²) in [5, 5.41) is 3.00. The number of nitrogens with one attached hydrogen (secondary N) is 1. The van der Waals surface area contributed by atoms with E-state index in [1.807, 2.05) is 20.8 Å². The van der Waals surface area contributed by atoms with Crippen molar-refractivity contribution in [3.63, 3.8) is 0 Å². The van der Waals surface area contributed by atoms with Gasteiger partial charge < -0.3 is 10.1 Å². The summed E-state index contributed by atoms with van der Waals surface area (Å²) < 4.78 is 6.24. The van der Waals surface area contributed by atoms with Gasteiger partial charge in [0.25, 0.3) is 5.91 Å². The molecule has 22 heavy (non-hydrogen) atoms. The fourth-order valence-electron chi connectivity index (χ4n) is 2.48. The zero-order valence-electron chi connectivity index (χ0n) is 13.3. The third-order valence-corrected chi connectivity index (χ3v) is 4.03. The van der Waals surface area contributed by atoms with Crippen molar-refractivity contribution < 1.29 is 9.53 Å². The van der Waals surface area contributed by atoms with Crippen molar-refractivity contribution in [2.24, 2.45) is 0 Å². The van der Waals surface area contributed by atoms with Gasteiger partial charge in [0.15, 0.2) is 0 Å². The van der Waals surface area contributed by atoms with Crippen LogP contribution in [0, 0.1) is 20.8 Å². The summed E-state index contributed by atoms with van der Waals surface area (Å²) in [6.07, 6.45) is 0. The van der Waals surface area contributed by atoms with Crippen molar-refractivity contribution in [1.29, 1.82) is 0 Å². The molecule has 0 bridgehead atoms. The Morgan fingerprint density at radius 3 is 2.32 bits per heavy atom. The Balaban J connectivity index is 2.25. The summed E-state index contributed by atoms with van der Waals surface area (Å²) in [4.78, 5) is 12.5. The van der Waals surface area contributed by atoms with Crippen molar-refractivity contribution in [2.45, 2.75) is 27.7 Å². The molecule has 1 amide bonds. The predicted octanol–water partition coefficient (Wildman–Crippen LogP) is 5.03. The van der Waals surface area contributed by atoms with Gasteiger partial charge in [-0.3, -0.25) is 4.79 Å². The Morgan fingerprint density at radius 2 is 1.77 bits per heavy atom. The second-order valence-corrected chi connectivity index (χ2v) is 6.16. The van der Waals surface area contributed by atoms with Crippen molar-refractivity contribution >= 4 is 27.5 Å². The van der Waals surface area contributed by atoms with E-state index < -0.39 is 0 Å². The third kappa shape index (κ3) is 3.69. The van der Waals surface area contributed by atoms with Gasteiger partial charge in [-0.2, -0.15) is 0 Å². The van der Waals surface area contributed by atoms with Crippen LogP contribution < -0.4 is 10.1 Å². The first-order valence-electron chi connectivity index (χ1n) is 7.24. The highest BCUT2D eigenvalue weighted by molar-refractivity contribution is 9.10. The van der Waals surface area contributed by atoms with Crippen LogP contribution in [0.4, 0.5) is 5.69 Å². The Morgan fingerprint density at radius 1 is 1.14 bits per heavy atom. The number of benzene rings is 2. The van der Waals surface area contributed by atoms with E-state index >= 15 is 0 Å². The predicted molar refractivity (Wildman–Crippen MR) is 93.9 cm³/mol. The average Bonchev–Trinajstić information content (AvgIpc) is 2.45. The summed E-state index contributed by atoms with van der Waals surface area (Å²) in [6, 6.07) is 9.48. The van der Waals surface area contributed by atoms with Gasteiger partial charge in [0, 0.05) is 11.3 Å². The minimum Gasteiger partial charge on any atom is -0.493 e. The van der Waals surface area contributed by atoms with Gasteiger partial charge in [0.1, 0.15) is 5.75 Å². The van der Waals surface area contributed by atoms with Crippen LogP contribution in [0.25, 0.3) is 0 Å². The van der Waals surface area contributed by atoms with Gasteiger partial charge in [0.05, 0.1) is 11.1 Å². The number of ether oxygens (including phenoxy) is 1. The second-order valence-electron chi connectivity index (χ2n) is 5.31. The number of amides is 1. The van der Waals surface area contributed by atoms with Crippen molar-refractivity contribution in [3.8, 4) is 5.75 Å². The van der Waals surface area contributed by atoms with Crippen LogP contribution in [0.5, 0.6) is 5.75 Å². The summed E-state index contributed by atoms with van der Waals surface area (Å²) >= 11 is 3.44. The summed E-state index contributed by atoms with van der Waals surface area (Å²) in [7, 11) is 0. The van der Waals surface area contributed by atoms with Crippen LogP contribution in [0.1, 0.15) is 34.0 Å². The monoisotopic (exact) mass is 361 g/mol. The van der Waals surface area contributed by atoms with Crippen LogP contribution in [-0.2, 0) is 0 Å². The highest BCUT2D eigenvalue weighted by atomic mass is 79.9. The largest absolute Gasteiger partial charge is 0.493 e. The molecule has 0 unspecified atom stereocenters. The first-order valence-corrected chi connectivity index (χ1v) is 8.03. The molecule has 0 heterocycles. The molecule has 0 aliphatic heterocycles. The maximum absolute atomic E-state index is 12.5. The first kappa shape index (κ1) is 16.6. The molecule has 2 aromatic rings. The van der Waals surface area contributed by atoms with E-state index in [0.29, 0.717) is 12.2 Å². The molecule has 0 spiro atoms. The normalized spacial score (nSPS) is 10.4. The highest BCUT2D eigenvalue weighted by Gasteiger charge is 2.12.